The maximum Gasteiger partial charge on any atom is 0.226 e. The fourth-order valence-corrected chi connectivity index (χ4v) is 2.22. The number of halogens is 2. The summed E-state index contributed by atoms with van der Waals surface area (Å²) in [5, 5.41) is 2.54. The van der Waals surface area contributed by atoms with Crippen molar-refractivity contribution in [1.29, 1.82) is 0 Å². The molecule has 1 amide bonds. The minimum Gasteiger partial charge on any atom is -0.327 e. The zero-order chi connectivity index (χ0) is 14.6. The lowest BCUT2D eigenvalue weighted by molar-refractivity contribution is -0.116. The summed E-state index contributed by atoms with van der Waals surface area (Å²) in [4.78, 5) is 11.8. The van der Waals surface area contributed by atoms with Crippen molar-refractivity contribution in [3.05, 3.63) is 28.5 Å². The Bertz CT molecular complexity index is 457. The monoisotopic (exact) mass is 330 g/mol. The van der Waals surface area contributed by atoms with E-state index in [1.807, 2.05) is 0 Å². The third-order valence-electron chi connectivity index (χ3n) is 2.53. The van der Waals surface area contributed by atoms with Gasteiger partial charge in [-0.25, -0.2) is 4.39 Å². The van der Waals surface area contributed by atoms with Crippen molar-refractivity contribution in [2.45, 2.75) is 39.7 Å². The summed E-state index contributed by atoms with van der Waals surface area (Å²) in [6.07, 6.45) is 0.927. The number of anilines is 1. The Hall–Kier alpha value is -0.940. The molecule has 0 spiro atoms. The predicted octanol–water partition coefficient (Wildman–Crippen LogP) is 3.68. The van der Waals surface area contributed by atoms with Crippen LogP contribution in [-0.2, 0) is 4.79 Å². The maximum atomic E-state index is 13.5. The van der Waals surface area contributed by atoms with Gasteiger partial charge in [-0.3, -0.25) is 4.79 Å². The van der Waals surface area contributed by atoms with E-state index < -0.39 is 5.82 Å². The highest BCUT2D eigenvalue weighted by atomic mass is 79.9. The number of amides is 1. The van der Waals surface area contributed by atoms with Crippen molar-refractivity contribution in [3.63, 3.8) is 0 Å². The molecule has 0 bridgehead atoms. The first-order valence-electron chi connectivity index (χ1n) is 6.18. The molecule has 0 aliphatic rings. The molecule has 0 heterocycles. The topological polar surface area (TPSA) is 55.1 Å². The lowest BCUT2D eigenvalue weighted by Crippen LogP contribution is -2.31. The number of hydrogen-bond acceptors (Lipinski definition) is 2. The van der Waals surface area contributed by atoms with E-state index in [4.69, 9.17) is 5.73 Å². The molecule has 0 fully saturated rings. The van der Waals surface area contributed by atoms with Crippen LogP contribution >= 0.6 is 15.9 Å². The standard InChI is InChI=1S/C14H20BrFN2O/c1-14(2,3)8-10(17)7-13(19)18-12-5-4-9(15)6-11(12)16/h4-6,10H,7-8,17H2,1-3H3,(H,18,19). The SMILES string of the molecule is CC(C)(C)CC(N)CC(=O)Nc1ccc(Br)cc1F. The minimum absolute atomic E-state index is 0.0720. The summed E-state index contributed by atoms with van der Waals surface area (Å²) in [6, 6.07) is 4.28. The summed E-state index contributed by atoms with van der Waals surface area (Å²) in [5.41, 5.74) is 6.16. The first kappa shape index (κ1) is 16.1. The fourth-order valence-electron chi connectivity index (χ4n) is 1.89. The van der Waals surface area contributed by atoms with Crippen LogP contribution in [-0.4, -0.2) is 11.9 Å². The summed E-state index contributed by atoms with van der Waals surface area (Å²) in [6.45, 7) is 6.21. The molecule has 0 saturated carbocycles. The zero-order valence-corrected chi connectivity index (χ0v) is 13.1. The van der Waals surface area contributed by atoms with Crippen molar-refractivity contribution in [2.24, 2.45) is 11.1 Å². The average Bonchev–Trinajstić information content (AvgIpc) is 2.19. The van der Waals surface area contributed by atoms with E-state index in [0.29, 0.717) is 4.47 Å². The number of benzene rings is 1. The Kier molecular flexibility index (Phi) is 5.50. The number of nitrogens with one attached hydrogen (secondary N) is 1. The molecule has 3 N–H and O–H groups in total. The quantitative estimate of drug-likeness (QED) is 0.884. The van der Waals surface area contributed by atoms with Gasteiger partial charge in [0.1, 0.15) is 5.82 Å². The highest BCUT2D eigenvalue weighted by Gasteiger charge is 2.18. The van der Waals surface area contributed by atoms with Crippen LogP contribution < -0.4 is 11.1 Å². The van der Waals surface area contributed by atoms with Crippen molar-refractivity contribution in [2.75, 3.05) is 5.32 Å². The van der Waals surface area contributed by atoms with Gasteiger partial charge in [0, 0.05) is 16.9 Å². The predicted molar refractivity (Wildman–Crippen MR) is 79.4 cm³/mol. The number of rotatable bonds is 4. The second-order valence-corrected chi connectivity index (χ2v) is 6.82. The van der Waals surface area contributed by atoms with Crippen LogP contribution in [0.25, 0.3) is 0 Å². The summed E-state index contributed by atoms with van der Waals surface area (Å²) < 4.78 is 14.2. The van der Waals surface area contributed by atoms with Crippen LogP contribution in [0.4, 0.5) is 10.1 Å². The van der Waals surface area contributed by atoms with E-state index in [1.165, 1.54) is 12.1 Å². The van der Waals surface area contributed by atoms with Crippen LogP contribution in [0.2, 0.25) is 0 Å². The Balaban J connectivity index is 2.56. The molecule has 1 aromatic rings. The Morgan fingerprint density at radius 1 is 1.47 bits per heavy atom. The average molecular weight is 331 g/mol. The van der Waals surface area contributed by atoms with Crippen LogP contribution in [0.1, 0.15) is 33.6 Å². The highest BCUT2D eigenvalue weighted by molar-refractivity contribution is 9.10. The lowest BCUT2D eigenvalue weighted by Gasteiger charge is -2.22. The Morgan fingerprint density at radius 2 is 2.11 bits per heavy atom. The van der Waals surface area contributed by atoms with Gasteiger partial charge in [0.25, 0.3) is 0 Å². The van der Waals surface area contributed by atoms with E-state index in [2.05, 4.69) is 42.0 Å². The Labute approximate surface area is 121 Å². The molecule has 5 heteroatoms. The molecular weight excluding hydrogens is 311 g/mol. The highest BCUT2D eigenvalue weighted by Crippen LogP contribution is 2.22. The molecule has 1 aromatic carbocycles. The molecule has 0 radical (unpaired) electrons. The van der Waals surface area contributed by atoms with Gasteiger partial charge in [0.05, 0.1) is 5.69 Å². The number of carbonyl (C=O) groups is 1. The van der Waals surface area contributed by atoms with Gasteiger partial charge in [0.15, 0.2) is 0 Å². The third-order valence-corrected chi connectivity index (χ3v) is 3.02. The van der Waals surface area contributed by atoms with Crippen LogP contribution in [0, 0.1) is 11.2 Å². The molecule has 0 saturated heterocycles. The molecule has 106 valence electrons. The van der Waals surface area contributed by atoms with Crippen molar-refractivity contribution in [1.82, 2.24) is 0 Å². The normalized spacial score (nSPS) is 13.2. The molecule has 1 atom stereocenters. The molecule has 1 rings (SSSR count). The number of nitrogens with two attached hydrogens (primary N) is 1. The first-order valence-corrected chi connectivity index (χ1v) is 6.97. The third kappa shape index (κ3) is 6.16. The van der Waals surface area contributed by atoms with Gasteiger partial charge in [0.2, 0.25) is 5.91 Å². The van der Waals surface area contributed by atoms with Crippen LogP contribution in [0.3, 0.4) is 0 Å². The van der Waals surface area contributed by atoms with E-state index >= 15 is 0 Å². The lowest BCUT2D eigenvalue weighted by atomic mass is 9.87. The molecule has 0 aliphatic heterocycles. The minimum atomic E-state index is -0.466. The Morgan fingerprint density at radius 3 is 2.63 bits per heavy atom. The van der Waals surface area contributed by atoms with Crippen LogP contribution in [0.15, 0.2) is 22.7 Å². The van der Waals surface area contributed by atoms with E-state index in [9.17, 15) is 9.18 Å². The number of hydrogen-bond donors (Lipinski definition) is 2. The molecule has 1 unspecified atom stereocenters. The second-order valence-electron chi connectivity index (χ2n) is 5.90. The maximum absolute atomic E-state index is 13.5. The largest absolute Gasteiger partial charge is 0.327 e. The summed E-state index contributed by atoms with van der Waals surface area (Å²) >= 11 is 3.16. The van der Waals surface area contributed by atoms with E-state index in [1.54, 1.807) is 6.07 Å². The van der Waals surface area contributed by atoms with Crippen molar-refractivity contribution < 1.29 is 9.18 Å². The second kappa shape index (κ2) is 6.48. The summed E-state index contributed by atoms with van der Waals surface area (Å²) in [5.74, 6) is -0.731. The molecular formula is C14H20BrFN2O. The zero-order valence-electron chi connectivity index (χ0n) is 11.5. The molecule has 3 nitrogen and oxygen atoms in total. The van der Waals surface area contributed by atoms with Gasteiger partial charge in [-0.1, -0.05) is 36.7 Å². The van der Waals surface area contributed by atoms with Crippen molar-refractivity contribution >= 4 is 27.5 Å². The van der Waals surface area contributed by atoms with E-state index in [0.717, 1.165) is 6.42 Å². The molecule has 19 heavy (non-hydrogen) atoms. The van der Waals surface area contributed by atoms with Gasteiger partial charge in [-0.15, -0.1) is 0 Å². The molecule has 0 aromatic heterocycles. The smallest absolute Gasteiger partial charge is 0.226 e. The molecule has 0 aliphatic carbocycles. The number of carbonyl (C=O) groups excluding carboxylic acids is 1. The van der Waals surface area contributed by atoms with Gasteiger partial charge in [-0.2, -0.15) is 0 Å². The van der Waals surface area contributed by atoms with Gasteiger partial charge in [-0.05, 0) is 30.0 Å². The van der Waals surface area contributed by atoms with Crippen molar-refractivity contribution in [3.8, 4) is 0 Å². The van der Waals surface area contributed by atoms with E-state index in [-0.39, 0.29) is 29.5 Å². The van der Waals surface area contributed by atoms with Crippen LogP contribution in [0.5, 0.6) is 0 Å². The first-order chi connectivity index (χ1) is 8.67. The van der Waals surface area contributed by atoms with Gasteiger partial charge >= 0.3 is 0 Å². The van der Waals surface area contributed by atoms with Gasteiger partial charge < -0.3 is 11.1 Å². The fraction of sp³-hybridized carbons (Fsp3) is 0.500. The summed E-state index contributed by atoms with van der Waals surface area (Å²) in [7, 11) is 0.